The SMILES string of the molecule is COc1cncc(OC)c1C1(C(C)O)CC1. The fourth-order valence-electron chi connectivity index (χ4n) is 2.23. The average molecular weight is 223 g/mol. The Balaban J connectivity index is 2.53. The minimum atomic E-state index is -0.405. The maximum Gasteiger partial charge on any atom is 0.144 e. The van der Waals surface area contributed by atoms with Gasteiger partial charge in [-0.2, -0.15) is 0 Å². The number of aliphatic hydroxyl groups is 1. The Morgan fingerprint density at radius 1 is 1.25 bits per heavy atom. The van der Waals surface area contributed by atoms with Gasteiger partial charge in [0.15, 0.2) is 0 Å². The summed E-state index contributed by atoms with van der Waals surface area (Å²) < 4.78 is 10.6. The van der Waals surface area contributed by atoms with Gasteiger partial charge >= 0.3 is 0 Å². The normalized spacial score (nSPS) is 19.0. The van der Waals surface area contributed by atoms with Crippen LogP contribution in [-0.2, 0) is 5.41 Å². The molecule has 0 bridgehead atoms. The largest absolute Gasteiger partial charge is 0.495 e. The summed E-state index contributed by atoms with van der Waals surface area (Å²) in [6.07, 6.45) is 4.85. The highest BCUT2D eigenvalue weighted by Gasteiger charge is 2.52. The van der Waals surface area contributed by atoms with E-state index in [9.17, 15) is 5.11 Å². The molecule has 1 aromatic rings. The summed E-state index contributed by atoms with van der Waals surface area (Å²) in [6, 6.07) is 0. The number of rotatable bonds is 4. The molecule has 1 atom stereocenters. The maximum atomic E-state index is 9.90. The lowest BCUT2D eigenvalue weighted by Gasteiger charge is -2.23. The molecule has 0 amide bonds. The van der Waals surface area contributed by atoms with Gasteiger partial charge in [0.05, 0.1) is 32.7 Å². The van der Waals surface area contributed by atoms with Crippen molar-refractivity contribution >= 4 is 0 Å². The molecule has 88 valence electrons. The van der Waals surface area contributed by atoms with Gasteiger partial charge in [-0.1, -0.05) is 0 Å². The summed E-state index contributed by atoms with van der Waals surface area (Å²) in [5.74, 6) is 1.38. The van der Waals surface area contributed by atoms with Gasteiger partial charge in [-0.25, -0.2) is 0 Å². The second kappa shape index (κ2) is 3.94. The van der Waals surface area contributed by atoms with Gasteiger partial charge in [0.2, 0.25) is 0 Å². The zero-order valence-corrected chi connectivity index (χ0v) is 9.86. The van der Waals surface area contributed by atoms with E-state index in [2.05, 4.69) is 4.98 Å². The Kier molecular flexibility index (Phi) is 2.76. The fourth-order valence-corrected chi connectivity index (χ4v) is 2.23. The molecule has 1 fully saturated rings. The number of aliphatic hydroxyl groups excluding tert-OH is 1. The van der Waals surface area contributed by atoms with Gasteiger partial charge in [0.25, 0.3) is 0 Å². The second-order valence-corrected chi connectivity index (χ2v) is 4.25. The molecule has 0 radical (unpaired) electrons. The van der Waals surface area contributed by atoms with Crippen molar-refractivity contribution in [2.24, 2.45) is 0 Å². The van der Waals surface area contributed by atoms with E-state index >= 15 is 0 Å². The van der Waals surface area contributed by atoms with Crippen molar-refractivity contribution in [3.63, 3.8) is 0 Å². The van der Waals surface area contributed by atoms with Gasteiger partial charge in [0.1, 0.15) is 11.5 Å². The van der Waals surface area contributed by atoms with Gasteiger partial charge in [-0.15, -0.1) is 0 Å². The van der Waals surface area contributed by atoms with Crippen molar-refractivity contribution in [3.05, 3.63) is 18.0 Å². The molecule has 4 nitrogen and oxygen atoms in total. The minimum Gasteiger partial charge on any atom is -0.495 e. The highest BCUT2D eigenvalue weighted by molar-refractivity contribution is 5.51. The molecule has 16 heavy (non-hydrogen) atoms. The summed E-state index contributed by atoms with van der Waals surface area (Å²) in [7, 11) is 3.22. The number of hydrogen-bond acceptors (Lipinski definition) is 4. The van der Waals surface area contributed by atoms with Crippen molar-refractivity contribution in [1.82, 2.24) is 4.98 Å². The quantitative estimate of drug-likeness (QED) is 0.840. The number of ether oxygens (including phenoxy) is 2. The first-order chi connectivity index (χ1) is 7.65. The molecule has 1 heterocycles. The van der Waals surface area contributed by atoms with E-state index in [-0.39, 0.29) is 5.41 Å². The first kappa shape index (κ1) is 11.2. The van der Waals surface area contributed by atoms with Crippen LogP contribution in [0.5, 0.6) is 11.5 Å². The second-order valence-electron chi connectivity index (χ2n) is 4.25. The zero-order chi connectivity index (χ0) is 11.8. The van der Waals surface area contributed by atoms with Crippen molar-refractivity contribution in [2.75, 3.05) is 14.2 Å². The molecule has 2 rings (SSSR count). The van der Waals surface area contributed by atoms with Gasteiger partial charge in [-0.05, 0) is 19.8 Å². The Hall–Kier alpha value is -1.29. The molecular weight excluding hydrogens is 206 g/mol. The number of methoxy groups -OCH3 is 2. The minimum absolute atomic E-state index is 0.209. The summed E-state index contributed by atoms with van der Waals surface area (Å²) in [4.78, 5) is 4.06. The van der Waals surface area contributed by atoms with Crippen LogP contribution in [0.2, 0.25) is 0 Å². The summed E-state index contributed by atoms with van der Waals surface area (Å²) in [6.45, 7) is 1.81. The summed E-state index contributed by atoms with van der Waals surface area (Å²) in [5, 5.41) is 9.90. The molecule has 1 N–H and O–H groups in total. The number of nitrogens with zero attached hydrogens (tertiary/aromatic N) is 1. The molecule has 0 spiro atoms. The summed E-state index contributed by atoms with van der Waals surface area (Å²) in [5.41, 5.74) is 0.738. The van der Waals surface area contributed by atoms with E-state index in [0.29, 0.717) is 11.5 Å². The van der Waals surface area contributed by atoms with E-state index in [1.165, 1.54) is 0 Å². The lowest BCUT2D eigenvalue weighted by molar-refractivity contribution is 0.147. The molecule has 0 saturated heterocycles. The molecule has 0 aliphatic heterocycles. The van der Waals surface area contributed by atoms with Gasteiger partial charge in [0, 0.05) is 11.0 Å². The standard InChI is InChI=1S/C12H17NO3/c1-8(14)12(4-5-12)11-9(15-2)6-13-7-10(11)16-3/h6-8,14H,4-5H2,1-3H3. The van der Waals surface area contributed by atoms with Crippen molar-refractivity contribution in [3.8, 4) is 11.5 Å². The van der Waals surface area contributed by atoms with E-state index in [0.717, 1.165) is 18.4 Å². The van der Waals surface area contributed by atoms with Crippen LogP contribution in [0, 0.1) is 0 Å². The third kappa shape index (κ3) is 1.53. The van der Waals surface area contributed by atoms with Crippen LogP contribution in [0.1, 0.15) is 25.3 Å². The first-order valence-electron chi connectivity index (χ1n) is 5.40. The maximum absolute atomic E-state index is 9.90. The smallest absolute Gasteiger partial charge is 0.144 e. The molecule has 1 saturated carbocycles. The van der Waals surface area contributed by atoms with Crippen LogP contribution in [-0.4, -0.2) is 30.4 Å². The lowest BCUT2D eigenvalue weighted by atomic mass is 9.90. The number of aromatic nitrogens is 1. The van der Waals surface area contributed by atoms with Crippen molar-refractivity contribution in [2.45, 2.75) is 31.3 Å². The van der Waals surface area contributed by atoms with E-state index in [1.54, 1.807) is 26.6 Å². The molecule has 0 aromatic carbocycles. The van der Waals surface area contributed by atoms with E-state index in [1.807, 2.05) is 6.92 Å². The fraction of sp³-hybridized carbons (Fsp3) is 0.583. The van der Waals surface area contributed by atoms with Crippen molar-refractivity contribution in [1.29, 1.82) is 0 Å². The lowest BCUT2D eigenvalue weighted by Crippen LogP contribution is -2.24. The number of hydrogen-bond donors (Lipinski definition) is 1. The topological polar surface area (TPSA) is 51.6 Å². The van der Waals surface area contributed by atoms with E-state index in [4.69, 9.17) is 9.47 Å². The van der Waals surface area contributed by atoms with Crippen LogP contribution in [0.25, 0.3) is 0 Å². The van der Waals surface area contributed by atoms with E-state index < -0.39 is 6.10 Å². The summed E-state index contributed by atoms with van der Waals surface area (Å²) >= 11 is 0. The molecule has 4 heteroatoms. The van der Waals surface area contributed by atoms with Crippen LogP contribution in [0.3, 0.4) is 0 Å². The predicted molar refractivity (Wildman–Crippen MR) is 59.9 cm³/mol. The van der Waals surface area contributed by atoms with Gasteiger partial charge in [-0.3, -0.25) is 4.98 Å². The van der Waals surface area contributed by atoms with Crippen LogP contribution < -0.4 is 9.47 Å². The highest BCUT2D eigenvalue weighted by Crippen LogP contribution is 2.56. The average Bonchev–Trinajstić information content (AvgIpc) is 3.09. The van der Waals surface area contributed by atoms with Crippen molar-refractivity contribution < 1.29 is 14.6 Å². The highest BCUT2D eigenvalue weighted by atomic mass is 16.5. The molecule has 1 aliphatic carbocycles. The zero-order valence-electron chi connectivity index (χ0n) is 9.86. The van der Waals surface area contributed by atoms with Crippen LogP contribution in [0.4, 0.5) is 0 Å². The Morgan fingerprint density at radius 2 is 1.75 bits per heavy atom. The van der Waals surface area contributed by atoms with Crippen LogP contribution >= 0.6 is 0 Å². The Labute approximate surface area is 95.2 Å². The monoisotopic (exact) mass is 223 g/mol. The number of pyridine rings is 1. The Bertz CT molecular complexity index is 364. The molecule has 1 unspecified atom stereocenters. The third-order valence-electron chi connectivity index (χ3n) is 3.40. The van der Waals surface area contributed by atoms with Crippen LogP contribution in [0.15, 0.2) is 12.4 Å². The molecule has 1 aromatic heterocycles. The third-order valence-corrected chi connectivity index (χ3v) is 3.40. The van der Waals surface area contributed by atoms with Gasteiger partial charge < -0.3 is 14.6 Å². The molecular formula is C12H17NO3. The first-order valence-corrected chi connectivity index (χ1v) is 5.40. The Morgan fingerprint density at radius 3 is 2.06 bits per heavy atom. The molecule has 1 aliphatic rings. The predicted octanol–water partition coefficient (Wildman–Crippen LogP) is 1.51.